The summed E-state index contributed by atoms with van der Waals surface area (Å²) in [5.41, 5.74) is 1.74. The van der Waals surface area contributed by atoms with Crippen LogP contribution in [0.4, 0.5) is 0 Å². The van der Waals surface area contributed by atoms with E-state index in [4.69, 9.17) is 14.2 Å². The summed E-state index contributed by atoms with van der Waals surface area (Å²) in [5.74, 6) is -3.24. The molecule has 2 aliphatic heterocycles. The van der Waals surface area contributed by atoms with Crippen molar-refractivity contribution in [3.05, 3.63) is 69.3 Å². The van der Waals surface area contributed by atoms with Crippen molar-refractivity contribution in [3.63, 3.8) is 0 Å². The Labute approximate surface area is 276 Å². The van der Waals surface area contributed by atoms with Gasteiger partial charge in [0.25, 0.3) is 0 Å². The van der Waals surface area contributed by atoms with E-state index < -0.39 is 23.9 Å². The van der Waals surface area contributed by atoms with Gasteiger partial charge in [-0.05, 0) is 67.8 Å². The third kappa shape index (κ3) is 7.22. The maximum absolute atomic E-state index is 13.6. The molecule has 0 radical (unpaired) electrons. The quantitative estimate of drug-likeness (QED) is 0.0668. The molecule has 12 nitrogen and oxygen atoms in total. The third-order valence-electron chi connectivity index (χ3n) is 7.77. The van der Waals surface area contributed by atoms with Crippen LogP contribution < -0.4 is 0 Å². The minimum Gasteiger partial charge on any atom is -0.478 e. The molecule has 0 aliphatic carbocycles. The molecular weight excluding hydrogens is 616 g/mol. The summed E-state index contributed by atoms with van der Waals surface area (Å²) in [6, 6.07) is 6.22. The van der Waals surface area contributed by atoms with Gasteiger partial charge >= 0.3 is 23.9 Å². The zero-order valence-corrected chi connectivity index (χ0v) is 27.2. The minimum absolute atomic E-state index is 0.0499. The van der Waals surface area contributed by atoms with E-state index in [1.165, 1.54) is 12.1 Å². The first-order valence-electron chi connectivity index (χ1n) is 16.2. The number of H-pyrrole nitrogens is 2. The number of nitrogens with one attached hydrogen (secondary N) is 2. The Morgan fingerprint density at radius 2 is 0.854 bits per heavy atom. The van der Waals surface area contributed by atoms with Gasteiger partial charge in [0.2, 0.25) is 0 Å². The van der Waals surface area contributed by atoms with E-state index in [2.05, 4.69) is 19.9 Å². The molecule has 0 spiro atoms. The number of carboxylic acid groups (broad SMARTS) is 1. The summed E-state index contributed by atoms with van der Waals surface area (Å²) in [7, 11) is 0. The fraction of sp³-hybridized carbons (Fsp3) is 0.333. The molecule has 250 valence electrons. The lowest BCUT2D eigenvalue weighted by molar-refractivity contribution is 0.0491. The van der Waals surface area contributed by atoms with E-state index in [1.807, 2.05) is 20.8 Å². The Kier molecular flexibility index (Phi) is 10.8. The van der Waals surface area contributed by atoms with E-state index in [1.54, 1.807) is 36.4 Å². The first-order chi connectivity index (χ1) is 23.3. The Morgan fingerprint density at radius 1 is 0.542 bits per heavy atom. The maximum atomic E-state index is 13.6. The SMILES string of the molecule is CCCCOC(=O)c1c2nc(c(C(=O)OCCCC)c3ccc([nH]3)c(C(=O)O)c3ccc([nH]3)c(C(=O)OCCCC)c3nc1C=C3)C=C2. The van der Waals surface area contributed by atoms with E-state index in [9.17, 15) is 24.3 Å². The molecule has 3 aromatic rings. The lowest BCUT2D eigenvalue weighted by Gasteiger charge is -2.07. The van der Waals surface area contributed by atoms with Crippen molar-refractivity contribution in [2.45, 2.75) is 59.3 Å². The van der Waals surface area contributed by atoms with Gasteiger partial charge < -0.3 is 29.3 Å². The molecule has 8 bridgehead atoms. The van der Waals surface area contributed by atoms with Gasteiger partial charge in [-0.1, -0.05) is 40.0 Å². The van der Waals surface area contributed by atoms with Gasteiger partial charge in [-0.2, -0.15) is 0 Å². The van der Waals surface area contributed by atoms with Crippen molar-refractivity contribution in [3.8, 4) is 0 Å². The highest BCUT2D eigenvalue weighted by Gasteiger charge is 2.26. The highest BCUT2D eigenvalue weighted by atomic mass is 16.5. The smallest absolute Gasteiger partial charge is 0.342 e. The van der Waals surface area contributed by atoms with Gasteiger partial charge in [0.05, 0.1) is 64.7 Å². The average molecular weight is 655 g/mol. The van der Waals surface area contributed by atoms with E-state index >= 15 is 0 Å². The number of carboxylic acids is 1. The Hall–Kier alpha value is -5.52. The van der Waals surface area contributed by atoms with Crippen LogP contribution in [-0.4, -0.2) is 68.7 Å². The van der Waals surface area contributed by atoms with Crippen LogP contribution in [0.15, 0.2) is 24.3 Å². The van der Waals surface area contributed by atoms with Crippen molar-refractivity contribution in [2.24, 2.45) is 0 Å². The molecule has 12 heteroatoms. The summed E-state index contributed by atoms with van der Waals surface area (Å²) in [5, 5.41) is 10.3. The summed E-state index contributed by atoms with van der Waals surface area (Å²) >= 11 is 0. The fourth-order valence-electron chi connectivity index (χ4n) is 5.22. The predicted octanol–water partition coefficient (Wildman–Crippen LogP) is 7.22. The number of hydrogen-bond donors (Lipinski definition) is 3. The molecule has 3 N–H and O–H groups in total. The van der Waals surface area contributed by atoms with Gasteiger partial charge in [-0.25, -0.2) is 29.1 Å². The first kappa shape index (κ1) is 33.8. The van der Waals surface area contributed by atoms with Crippen molar-refractivity contribution >= 4 is 70.2 Å². The monoisotopic (exact) mass is 654 g/mol. The third-order valence-corrected chi connectivity index (χ3v) is 7.77. The van der Waals surface area contributed by atoms with Crippen LogP contribution in [0, 0.1) is 0 Å². The Bertz CT molecular complexity index is 1850. The molecular formula is C36H38N4O8. The van der Waals surface area contributed by atoms with Crippen molar-refractivity contribution in [2.75, 3.05) is 19.8 Å². The number of carbonyl (C=O) groups excluding carboxylic acids is 3. The van der Waals surface area contributed by atoms with Crippen molar-refractivity contribution in [1.82, 2.24) is 19.9 Å². The maximum Gasteiger partial charge on any atom is 0.342 e. The molecule has 48 heavy (non-hydrogen) atoms. The number of fused-ring (bicyclic) bond motifs is 8. The molecule has 5 rings (SSSR count). The Balaban J connectivity index is 1.89. The number of aromatic nitrogens is 4. The predicted molar refractivity (Wildman–Crippen MR) is 181 cm³/mol. The molecule has 2 aliphatic rings. The van der Waals surface area contributed by atoms with Crippen LogP contribution in [-0.2, 0) is 14.2 Å². The molecule has 0 fully saturated rings. The van der Waals surface area contributed by atoms with E-state index in [0.717, 1.165) is 19.3 Å². The summed E-state index contributed by atoms with van der Waals surface area (Å²) < 4.78 is 16.7. The molecule has 5 heterocycles. The van der Waals surface area contributed by atoms with Crippen LogP contribution >= 0.6 is 0 Å². The lowest BCUT2D eigenvalue weighted by Crippen LogP contribution is -2.11. The Morgan fingerprint density at radius 3 is 1.19 bits per heavy atom. The number of nitrogens with zero attached hydrogens (tertiary/aromatic N) is 2. The number of unbranched alkanes of at least 4 members (excludes halogenated alkanes) is 3. The van der Waals surface area contributed by atoms with Crippen LogP contribution in [0.2, 0.25) is 0 Å². The second kappa shape index (κ2) is 15.4. The van der Waals surface area contributed by atoms with Crippen LogP contribution in [0.25, 0.3) is 46.4 Å². The molecule has 0 saturated carbocycles. The van der Waals surface area contributed by atoms with Gasteiger partial charge in [0.15, 0.2) is 0 Å². The molecule has 0 amide bonds. The van der Waals surface area contributed by atoms with Gasteiger partial charge in [-0.15, -0.1) is 0 Å². The highest BCUT2D eigenvalue weighted by Crippen LogP contribution is 2.28. The molecule has 0 unspecified atom stereocenters. The second-order valence-electron chi connectivity index (χ2n) is 11.3. The number of esters is 3. The zero-order chi connectivity index (χ0) is 34.2. The fourth-order valence-corrected chi connectivity index (χ4v) is 5.22. The summed E-state index contributed by atoms with van der Waals surface area (Å²) in [6.07, 6.45) is 10.7. The largest absolute Gasteiger partial charge is 0.478 e. The van der Waals surface area contributed by atoms with Crippen LogP contribution in [0.1, 0.15) is 124 Å². The van der Waals surface area contributed by atoms with Crippen molar-refractivity contribution < 1.29 is 38.5 Å². The number of aromatic amines is 2. The number of ether oxygens (including phenoxy) is 3. The lowest BCUT2D eigenvalue weighted by atomic mass is 10.1. The number of hydrogen-bond acceptors (Lipinski definition) is 9. The van der Waals surface area contributed by atoms with Gasteiger partial charge in [-0.3, -0.25) is 0 Å². The summed E-state index contributed by atoms with van der Waals surface area (Å²) in [4.78, 5) is 68.7. The molecule has 0 atom stereocenters. The summed E-state index contributed by atoms with van der Waals surface area (Å²) in [6.45, 7) is 6.47. The number of aromatic carboxylic acids is 1. The topological polar surface area (TPSA) is 174 Å². The van der Waals surface area contributed by atoms with Crippen LogP contribution in [0.5, 0.6) is 0 Å². The average Bonchev–Trinajstić information content (AvgIpc) is 3.88. The highest BCUT2D eigenvalue weighted by molar-refractivity contribution is 6.08. The number of carbonyl (C=O) groups is 4. The number of rotatable bonds is 13. The molecule has 3 aromatic heterocycles. The normalized spacial score (nSPS) is 11.8. The van der Waals surface area contributed by atoms with E-state index in [-0.39, 0.29) is 86.9 Å². The van der Waals surface area contributed by atoms with E-state index in [0.29, 0.717) is 19.3 Å². The zero-order valence-electron chi connectivity index (χ0n) is 27.2. The molecule has 0 aromatic carbocycles. The van der Waals surface area contributed by atoms with Gasteiger partial charge in [0.1, 0.15) is 22.3 Å². The van der Waals surface area contributed by atoms with Crippen LogP contribution in [0.3, 0.4) is 0 Å². The standard InChI is InChI=1S/C36H38N4O8/c1-4-7-18-46-34(43)30-23-12-10-21(37-23)29(33(41)42)22-11-13-24(38-22)31(35(44)47-19-8-5-2)26-15-17-28(40-26)32(27-16-14-25(30)39-27)36(45)48-20-9-6-3/h10-17,37-38H,4-9,18-20H2,1-3H3,(H,41,42). The second-order valence-corrected chi connectivity index (χ2v) is 11.3. The minimum atomic E-state index is -1.25. The van der Waals surface area contributed by atoms with Crippen molar-refractivity contribution in [1.29, 1.82) is 0 Å². The first-order valence-corrected chi connectivity index (χ1v) is 16.2. The van der Waals surface area contributed by atoms with Gasteiger partial charge in [0, 0.05) is 0 Å². The molecule has 0 saturated heterocycles.